The van der Waals surface area contributed by atoms with Crippen LogP contribution in [0.2, 0.25) is 0 Å². The Kier molecular flexibility index (Phi) is 6.19. The first-order chi connectivity index (χ1) is 11.0. The molecule has 1 aromatic carbocycles. The maximum Gasteiger partial charge on any atom is 0.306 e. The molecule has 0 N–H and O–H groups in total. The zero-order chi connectivity index (χ0) is 16.8. The number of esters is 1. The highest BCUT2D eigenvalue weighted by Gasteiger charge is 2.45. The second-order valence-electron chi connectivity index (χ2n) is 6.41. The van der Waals surface area contributed by atoms with Crippen LogP contribution in [0.25, 0.3) is 0 Å². The molecular formula is C19H28O4. The van der Waals surface area contributed by atoms with Crippen molar-refractivity contribution in [3.05, 3.63) is 35.9 Å². The topological polar surface area (TPSA) is 44.8 Å². The zero-order valence-corrected chi connectivity index (χ0v) is 14.5. The molecule has 0 aliphatic carbocycles. The lowest BCUT2D eigenvalue weighted by Gasteiger charge is -2.29. The van der Waals surface area contributed by atoms with Crippen LogP contribution in [0.4, 0.5) is 0 Å². The highest BCUT2D eigenvalue weighted by Crippen LogP contribution is 2.37. The molecule has 0 aromatic heterocycles. The van der Waals surface area contributed by atoms with E-state index in [-0.39, 0.29) is 11.6 Å². The van der Waals surface area contributed by atoms with E-state index in [9.17, 15) is 4.79 Å². The molecule has 128 valence electrons. The number of carbonyl (C=O) groups excluding carboxylic acids is 1. The van der Waals surface area contributed by atoms with Gasteiger partial charge >= 0.3 is 5.97 Å². The van der Waals surface area contributed by atoms with Gasteiger partial charge in [-0.3, -0.25) is 4.79 Å². The molecule has 0 saturated carbocycles. The Bertz CT molecular complexity index is 495. The number of ether oxygens (including phenoxy) is 3. The quantitative estimate of drug-likeness (QED) is 0.682. The minimum atomic E-state index is -0.466. The van der Waals surface area contributed by atoms with Crippen LogP contribution in [0.5, 0.6) is 0 Å². The van der Waals surface area contributed by atoms with Crippen LogP contribution in [-0.4, -0.2) is 30.6 Å². The van der Waals surface area contributed by atoms with Crippen molar-refractivity contribution in [2.24, 2.45) is 0 Å². The monoisotopic (exact) mass is 320 g/mol. The van der Waals surface area contributed by atoms with Gasteiger partial charge in [-0.15, -0.1) is 0 Å². The average Bonchev–Trinajstić information content (AvgIpc) is 2.92. The van der Waals surface area contributed by atoms with E-state index >= 15 is 0 Å². The van der Waals surface area contributed by atoms with Gasteiger partial charge in [0.25, 0.3) is 0 Å². The summed E-state index contributed by atoms with van der Waals surface area (Å²) < 4.78 is 17.3. The Morgan fingerprint density at radius 2 is 1.91 bits per heavy atom. The summed E-state index contributed by atoms with van der Waals surface area (Å²) in [5.74, 6) is -0.625. The van der Waals surface area contributed by atoms with Gasteiger partial charge in [-0.1, -0.05) is 44.2 Å². The van der Waals surface area contributed by atoms with Gasteiger partial charge in [0.15, 0.2) is 5.79 Å². The van der Waals surface area contributed by atoms with Gasteiger partial charge in [-0.05, 0) is 31.7 Å². The van der Waals surface area contributed by atoms with Gasteiger partial charge in [0, 0.05) is 12.8 Å². The summed E-state index contributed by atoms with van der Waals surface area (Å²) in [5, 5.41) is 0. The van der Waals surface area contributed by atoms with Crippen molar-refractivity contribution in [2.45, 2.75) is 64.3 Å². The predicted octanol–water partition coefficient (Wildman–Crippen LogP) is 3.87. The van der Waals surface area contributed by atoms with Crippen LogP contribution in [-0.2, 0) is 25.4 Å². The van der Waals surface area contributed by atoms with Gasteiger partial charge in [-0.25, -0.2) is 0 Å². The van der Waals surface area contributed by atoms with Gasteiger partial charge in [0.05, 0.1) is 18.8 Å². The van der Waals surface area contributed by atoms with Crippen LogP contribution >= 0.6 is 0 Å². The third-order valence-corrected chi connectivity index (χ3v) is 4.50. The first-order valence-corrected chi connectivity index (χ1v) is 8.54. The lowest BCUT2D eigenvalue weighted by atomic mass is 10.0. The zero-order valence-electron chi connectivity index (χ0n) is 14.5. The SMILES string of the molecule is CCC1(CC)OC[C@](C)(CCOC(=O)CCc2ccccc2)O1. The summed E-state index contributed by atoms with van der Waals surface area (Å²) in [6.45, 7) is 7.09. The Labute approximate surface area is 139 Å². The Morgan fingerprint density at radius 1 is 1.22 bits per heavy atom. The molecule has 0 radical (unpaired) electrons. The van der Waals surface area contributed by atoms with Crippen LogP contribution in [0.15, 0.2) is 30.3 Å². The van der Waals surface area contributed by atoms with Crippen molar-refractivity contribution in [1.82, 2.24) is 0 Å². The summed E-state index contributed by atoms with van der Waals surface area (Å²) in [6.07, 6.45) is 3.44. The molecule has 4 nitrogen and oxygen atoms in total. The van der Waals surface area contributed by atoms with E-state index in [1.807, 2.05) is 37.3 Å². The van der Waals surface area contributed by atoms with Crippen molar-refractivity contribution in [3.8, 4) is 0 Å². The molecule has 1 heterocycles. The summed E-state index contributed by atoms with van der Waals surface area (Å²) in [7, 11) is 0. The molecule has 2 rings (SSSR count). The lowest BCUT2D eigenvalue weighted by molar-refractivity contribution is -0.190. The predicted molar refractivity (Wildman–Crippen MR) is 89.1 cm³/mol. The average molecular weight is 320 g/mol. The minimum Gasteiger partial charge on any atom is -0.466 e. The number of benzene rings is 1. The van der Waals surface area contributed by atoms with Crippen molar-refractivity contribution in [2.75, 3.05) is 13.2 Å². The van der Waals surface area contributed by atoms with E-state index in [1.165, 1.54) is 0 Å². The smallest absolute Gasteiger partial charge is 0.306 e. The largest absolute Gasteiger partial charge is 0.466 e. The lowest BCUT2D eigenvalue weighted by Crippen LogP contribution is -2.35. The van der Waals surface area contributed by atoms with Crippen LogP contribution in [0.3, 0.4) is 0 Å². The number of rotatable bonds is 8. The van der Waals surface area contributed by atoms with Crippen molar-refractivity contribution >= 4 is 5.97 Å². The van der Waals surface area contributed by atoms with Gasteiger partial charge < -0.3 is 14.2 Å². The number of hydrogen-bond acceptors (Lipinski definition) is 4. The van der Waals surface area contributed by atoms with E-state index in [0.717, 1.165) is 18.4 Å². The third kappa shape index (κ3) is 5.05. The van der Waals surface area contributed by atoms with E-state index in [4.69, 9.17) is 14.2 Å². The molecule has 1 aliphatic rings. The summed E-state index contributed by atoms with van der Waals surface area (Å²) >= 11 is 0. The van der Waals surface area contributed by atoms with E-state index in [0.29, 0.717) is 32.5 Å². The molecule has 23 heavy (non-hydrogen) atoms. The molecule has 1 aliphatic heterocycles. The first kappa shape index (κ1) is 18.0. The van der Waals surface area contributed by atoms with Gasteiger partial charge in [0.2, 0.25) is 0 Å². The molecule has 1 aromatic rings. The van der Waals surface area contributed by atoms with E-state index in [2.05, 4.69) is 13.8 Å². The molecule has 1 atom stereocenters. The second-order valence-corrected chi connectivity index (χ2v) is 6.41. The Hall–Kier alpha value is -1.39. The van der Waals surface area contributed by atoms with Gasteiger partial charge in [-0.2, -0.15) is 0 Å². The van der Waals surface area contributed by atoms with E-state index < -0.39 is 5.79 Å². The molecule has 1 fully saturated rings. The minimum absolute atomic E-state index is 0.159. The summed E-state index contributed by atoms with van der Waals surface area (Å²) in [6, 6.07) is 9.97. The maximum atomic E-state index is 11.8. The highest BCUT2D eigenvalue weighted by atomic mass is 16.8. The van der Waals surface area contributed by atoms with Gasteiger partial charge in [0.1, 0.15) is 0 Å². The van der Waals surface area contributed by atoms with E-state index in [1.54, 1.807) is 0 Å². The highest BCUT2D eigenvalue weighted by molar-refractivity contribution is 5.69. The fourth-order valence-corrected chi connectivity index (χ4v) is 2.86. The number of aryl methyl sites for hydroxylation is 1. The molecule has 0 unspecified atom stereocenters. The van der Waals surface area contributed by atoms with Crippen LogP contribution < -0.4 is 0 Å². The Morgan fingerprint density at radius 3 is 2.52 bits per heavy atom. The fraction of sp³-hybridized carbons (Fsp3) is 0.632. The van der Waals surface area contributed by atoms with Crippen LogP contribution in [0, 0.1) is 0 Å². The Balaban J connectivity index is 1.69. The normalized spacial score (nSPS) is 22.9. The third-order valence-electron chi connectivity index (χ3n) is 4.50. The molecule has 4 heteroatoms. The molecule has 0 bridgehead atoms. The maximum absolute atomic E-state index is 11.8. The summed E-state index contributed by atoms with van der Waals surface area (Å²) in [4.78, 5) is 11.8. The van der Waals surface area contributed by atoms with Crippen molar-refractivity contribution in [1.29, 1.82) is 0 Å². The molecule has 0 amide bonds. The van der Waals surface area contributed by atoms with Crippen molar-refractivity contribution in [3.63, 3.8) is 0 Å². The van der Waals surface area contributed by atoms with Crippen molar-refractivity contribution < 1.29 is 19.0 Å². The molecule has 1 saturated heterocycles. The number of hydrogen-bond donors (Lipinski definition) is 0. The summed E-state index contributed by atoms with van der Waals surface area (Å²) in [5.41, 5.74) is 0.783. The standard InChI is InChI=1S/C19H28O4/c1-4-19(5-2)22-15-18(3,23-19)13-14-21-17(20)12-11-16-9-7-6-8-10-16/h6-10H,4-5,11-15H2,1-3H3/t18-/m0/s1. The molecular weight excluding hydrogens is 292 g/mol. The first-order valence-electron chi connectivity index (χ1n) is 8.54. The second kappa shape index (κ2) is 7.93. The number of carbonyl (C=O) groups is 1. The van der Waals surface area contributed by atoms with Crippen LogP contribution in [0.1, 0.15) is 52.0 Å². The molecule has 0 spiro atoms. The fourth-order valence-electron chi connectivity index (χ4n) is 2.86.